The third kappa shape index (κ3) is 7.78. The molecule has 9 heteroatoms. The summed E-state index contributed by atoms with van der Waals surface area (Å²) >= 11 is 0. The zero-order valence-corrected chi connectivity index (χ0v) is 27.7. The number of carbonyl (C=O) groups excluding carboxylic acids is 2. The fourth-order valence-corrected chi connectivity index (χ4v) is 6.52. The van der Waals surface area contributed by atoms with Gasteiger partial charge in [-0.1, -0.05) is 37.6 Å². The van der Waals surface area contributed by atoms with Gasteiger partial charge in [0.15, 0.2) is 11.5 Å². The van der Waals surface area contributed by atoms with Crippen LogP contribution in [0.1, 0.15) is 86.3 Å². The van der Waals surface area contributed by atoms with E-state index >= 15 is 0 Å². The topological polar surface area (TPSA) is 86.8 Å². The minimum absolute atomic E-state index is 0.0291. The highest BCUT2D eigenvalue weighted by atomic mass is 16.6. The van der Waals surface area contributed by atoms with Gasteiger partial charge < -0.3 is 33.5 Å². The van der Waals surface area contributed by atoms with E-state index in [1.165, 1.54) is 5.57 Å². The molecule has 4 rings (SSSR count). The Bertz CT molecular complexity index is 1190. The quantitative estimate of drug-likeness (QED) is 0.325. The Morgan fingerprint density at radius 2 is 1.79 bits per heavy atom. The molecule has 0 aliphatic carbocycles. The molecule has 1 aromatic rings. The van der Waals surface area contributed by atoms with Crippen LogP contribution in [0.5, 0.6) is 11.5 Å². The Hall–Kier alpha value is -2.94. The first-order valence-electron chi connectivity index (χ1n) is 15.7. The number of allylic oxidation sites excluding steroid dienone is 2. The third-order valence-electron chi connectivity index (χ3n) is 8.58. The van der Waals surface area contributed by atoms with Crippen LogP contribution < -0.4 is 9.47 Å². The van der Waals surface area contributed by atoms with Crippen molar-refractivity contribution in [2.45, 2.75) is 92.0 Å². The molecule has 2 amide bonds. The summed E-state index contributed by atoms with van der Waals surface area (Å²) in [6.45, 7) is 18.3. The van der Waals surface area contributed by atoms with Crippen molar-refractivity contribution in [1.29, 1.82) is 0 Å². The fraction of sp³-hybridized carbons (Fsp3) is 0.706. The van der Waals surface area contributed by atoms with Gasteiger partial charge in [-0.05, 0) is 72.8 Å². The fourth-order valence-electron chi connectivity index (χ4n) is 6.52. The van der Waals surface area contributed by atoms with Crippen molar-refractivity contribution in [3.63, 3.8) is 0 Å². The van der Waals surface area contributed by atoms with Crippen LogP contribution in [0.25, 0.3) is 0 Å². The Morgan fingerprint density at radius 3 is 2.40 bits per heavy atom. The number of para-hydroxylation sites is 1. The first-order chi connectivity index (χ1) is 20.2. The molecule has 0 aromatic heterocycles. The van der Waals surface area contributed by atoms with Gasteiger partial charge in [0.25, 0.3) is 0 Å². The lowest BCUT2D eigenvalue weighted by molar-refractivity contribution is -0.175. The number of fused-ring (bicyclic) bond motifs is 3. The molecule has 1 aromatic carbocycles. The van der Waals surface area contributed by atoms with Gasteiger partial charge >= 0.3 is 12.2 Å². The number of amides is 2. The van der Waals surface area contributed by atoms with Crippen molar-refractivity contribution in [1.82, 2.24) is 9.80 Å². The molecule has 43 heavy (non-hydrogen) atoms. The van der Waals surface area contributed by atoms with E-state index in [4.69, 9.17) is 23.7 Å². The van der Waals surface area contributed by atoms with E-state index in [-0.39, 0.29) is 30.1 Å². The predicted octanol–water partition coefficient (Wildman–Crippen LogP) is 7.00. The highest BCUT2D eigenvalue weighted by Gasteiger charge is 2.56. The first-order valence-corrected chi connectivity index (χ1v) is 15.7. The van der Waals surface area contributed by atoms with Crippen LogP contribution in [0.4, 0.5) is 9.59 Å². The summed E-state index contributed by atoms with van der Waals surface area (Å²) < 4.78 is 30.9. The molecule has 3 aliphatic heterocycles. The van der Waals surface area contributed by atoms with Crippen molar-refractivity contribution in [2.75, 3.05) is 46.5 Å². The van der Waals surface area contributed by atoms with E-state index in [9.17, 15) is 9.59 Å². The second-order valence-electron chi connectivity index (χ2n) is 14.4. The summed E-state index contributed by atoms with van der Waals surface area (Å²) in [6.07, 6.45) is 3.63. The van der Waals surface area contributed by atoms with Crippen LogP contribution in [0.15, 0.2) is 29.8 Å². The molecule has 240 valence electrons. The number of hydrogen-bond donors (Lipinski definition) is 0. The lowest BCUT2D eigenvalue weighted by atomic mass is 9.65. The molecule has 9 nitrogen and oxygen atoms in total. The van der Waals surface area contributed by atoms with Gasteiger partial charge in [-0.3, -0.25) is 0 Å². The third-order valence-corrected chi connectivity index (χ3v) is 8.58. The molecule has 2 fully saturated rings. The van der Waals surface area contributed by atoms with Crippen molar-refractivity contribution >= 4 is 12.2 Å². The molecule has 0 radical (unpaired) electrons. The molecule has 1 unspecified atom stereocenters. The molecule has 4 atom stereocenters. The number of nitrogens with zero attached hydrogens (tertiary/aromatic N) is 2. The van der Waals surface area contributed by atoms with Crippen LogP contribution in [0.3, 0.4) is 0 Å². The zero-order chi connectivity index (χ0) is 31.6. The lowest BCUT2D eigenvalue weighted by Gasteiger charge is -2.54. The monoisotopic (exact) mass is 600 g/mol. The summed E-state index contributed by atoms with van der Waals surface area (Å²) in [7, 11) is 1.66. The number of rotatable bonds is 6. The van der Waals surface area contributed by atoms with Crippen LogP contribution in [-0.4, -0.2) is 79.7 Å². The van der Waals surface area contributed by atoms with Gasteiger partial charge in [0.2, 0.25) is 0 Å². The maximum atomic E-state index is 13.4. The van der Waals surface area contributed by atoms with E-state index in [0.717, 1.165) is 24.2 Å². The molecule has 3 aliphatic rings. The summed E-state index contributed by atoms with van der Waals surface area (Å²) in [5.41, 5.74) is 0.493. The number of methoxy groups -OCH3 is 1. The van der Waals surface area contributed by atoms with Gasteiger partial charge in [-0.25, -0.2) is 9.59 Å². The molecule has 0 saturated carbocycles. The Labute approximate surface area is 257 Å². The normalized spacial score (nSPS) is 27.0. The Morgan fingerprint density at radius 1 is 1.12 bits per heavy atom. The predicted molar refractivity (Wildman–Crippen MR) is 165 cm³/mol. The van der Waals surface area contributed by atoms with Crippen molar-refractivity contribution < 1.29 is 33.3 Å². The second-order valence-corrected chi connectivity index (χ2v) is 14.4. The zero-order valence-electron chi connectivity index (χ0n) is 27.7. The van der Waals surface area contributed by atoms with Crippen LogP contribution in [-0.2, 0) is 14.2 Å². The van der Waals surface area contributed by atoms with Crippen molar-refractivity contribution in [3.8, 4) is 11.5 Å². The summed E-state index contributed by atoms with van der Waals surface area (Å²) in [5, 5.41) is 0. The van der Waals surface area contributed by atoms with Crippen LogP contribution in [0, 0.1) is 17.3 Å². The van der Waals surface area contributed by atoms with Gasteiger partial charge in [0, 0.05) is 43.1 Å². The van der Waals surface area contributed by atoms with Crippen molar-refractivity contribution in [3.05, 3.63) is 35.4 Å². The molecule has 3 heterocycles. The molecule has 0 bridgehead atoms. The maximum Gasteiger partial charge on any atom is 0.410 e. The Kier molecular flexibility index (Phi) is 9.94. The van der Waals surface area contributed by atoms with Crippen LogP contribution in [0.2, 0.25) is 0 Å². The first kappa shape index (κ1) is 33.0. The van der Waals surface area contributed by atoms with Gasteiger partial charge in [-0.2, -0.15) is 0 Å². The number of carbonyl (C=O) groups is 2. The smallest absolute Gasteiger partial charge is 0.410 e. The Balaban J connectivity index is 1.71. The maximum absolute atomic E-state index is 13.4. The average molecular weight is 601 g/mol. The van der Waals surface area contributed by atoms with E-state index < -0.39 is 16.6 Å². The van der Waals surface area contributed by atoms with Gasteiger partial charge in [0.05, 0.1) is 26.4 Å². The lowest BCUT2D eigenvalue weighted by Crippen LogP contribution is -2.57. The van der Waals surface area contributed by atoms with E-state index in [1.54, 1.807) is 16.9 Å². The second kappa shape index (κ2) is 13.0. The van der Waals surface area contributed by atoms with E-state index in [2.05, 4.69) is 32.9 Å². The average Bonchev–Trinajstić information content (AvgIpc) is 3.10. The SMILES string of the molecule is COc1cccc2c1O[C@@](C)(CCC=C(C)C)[C@@H]1CC3(CO[C@@H]21)CN(C(=O)OCC(C)C)CCN(C(=O)OC(C)(C)C)C3. The van der Waals surface area contributed by atoms with Gasteiger partial charge in [0.1, 0.15) is 11.2 Å². The highest BCUT2D eigenvalue weighted by molar-refractivity contribution is 5.70. The molecule has 2 saturated heterocycles. The summed E-state index contributed by atoms with van der Waals surface area (Å²) in [6, 6.07) is 5.95. The minimum atomic E-state index is -0.635. The van der Waals surface area contributed by atoms with Gasteiger partial charge in [-0.15, -0.1) is 0 Å². The number of hydrogen-bond acceptors (Lipinski definition) is 7. The standard InChI is InChI=1S/C34H52N2O7/c1-23(2)12-11-15-33(8)26-18-34(22-41-28(26)25-13-10-14-27(39-9)29(25)42-33)20-35(30(37)40-19-24(3)4)16-17-36(21-34)31(38)43-32(5,6)7/h10,12-14,24,26,28H,11,15-22H2,1-9H3/t26-,28+,33+,34?/m1/s1. The number of ether oxygens (including phenoxy) is 5. The molecule has 1 spiro atoms. The van der Waals surface area contributed by atoms with Crippen LogP contribution >= 0.6 is 0 Å². The molecular weight excluding hydrogens is 548 g/mol. The highest BCUT2D eigenvalue weighted by Crippen LogP contribution is 2.57. The van der Waals surface area contributed by atoms with Crippen molar-refractivity contribution in [2.24, 2.45) is 17.3 Å². The minimum Gasteiger partial charge on any atom is -0.493 e. The molecule has 0 N–H and O–H groups in total. The van der Waals surface area contributed by atoms with E-state index in [1.807, 2.05) is 46.8 Å². The number of benzene rings is 1. The summed E-state index contributed by atoms with van der Waals surface area (Å²) in [5.74, 6) is 1.62. The summed E-state index contributed by atoms with van der Waals surface area (Å²) in [4.78, 5) is 30.2. The molecular formula is C34H52N2O7. The largest absolute Gasteiger partial charge is 0.493 e. The van der Waals surface area contributed by atoms with E-state index in [0.29, 0.717) is 51.6 Å².